The Hall–Kier alpha value is -2.50. The van der Waals surface area contributed by atoms with E-state index < -0.39 is 0 Å². The summed E-state index contributed by atoms with van der Waals surface area (Å²) in [4.78, 5) is 8.39. The van der Waals surface area contributed by atoms with E-state index >= 15 is 0 Å². The van der Waals surface area contributed by atoms with E-state index in [2.05, 4.69) is 20.6 Å². The fraction of sp³-hybridized carbons (Fsp3) is 0.286. The SMILES string of the molecule is CNc1nccc(Nc2ccc3c(c2)OCCCO3)n1. The van der Waals surface area contributed by atoms with E-state index in [1.54, 1.807) is 13.2 Å². The van der Waals surface area contributed by atoms with Crippen LogP contribution < -0.4 is 20.1 Å². The number of hydrogen-bond donors (Lipinski definition) is 2. The number of nitrogens with zero attached hydrogens (tertiary/aromatic N) is 2. The van der Waals surface area contributed by atoms with Crippen LogP contribution in [0.5, 0.6) is 11.5 Å². The maximum absolute atomic E-state index is 5.66. The number of hydrogen-bond acceptors (Lipinski definition) is 6. The first-order valence-corrected chi connectivity index (χ1v) is 6.52. The van der Waals surface area contributed by atoms with Crippen molar-refractivity contribution < 1.29 is 9.47 Å². The zero-order valence-electron chi connectivity index (χ0n) is 11.2. The quantitative estimate of drug-likeness (QED) is 0.894. The molecule has 0 radical (unpaired) electrons. The van der Waals surface area contributed by atoms with Gasteiger partial charge in [-0.05, 0) is 18.2 Å². The molecule has 20 heavy (non-hydrogen) atoms. The Labute approximate surface area is 117 Å². The first kappa shape index (κ1) is 12.5. The van der Waals surface area contributed by atoms with Crippen molar-refractivity contribution in [2.24, 2.45) is 0 Å². The van der Waals surface area contributed by atoms with E-state index in [1.807, 2.05) is 24.3 Å². The minimum Gasteiger partial charge on any atom is -0.490 e. The van der Waals surface area contributed by atoms with Gasteiger partial charge in [-0.3, -0.25) is 0 Å². The van der Waals surface area contributed by atoms with Crippen molar-refractivity contribution in [3.05, 3.63) is 30.5 Å². The van der Waals surface area contributed by atoms with Crippen molar-refractivity contribution in [1.82, 2.24) is 9.97 Å². The number of ether oxygens (including phenoxy) is 2. The maximum Gasteiger partial charge on any atom is 0.224 e. The van der Waals surface area contributed by atoms with Crippen molar-refractivity contribution in [2.45, 2.75) is 6.42 Å². The molecule has 104 valence electrons. The van der Waals surface area contributed by atoms with Crippen molar-refractivity contribution in [1.29, 1.82) is 0 Å². The number of anilines is 3. The summed E-state index contributed by atoms with van der Waals surface area (Å²) in [6.45, 7) is 1.37. The number of fused-ring (bicyclic) bond motifs is 1. The molecule has 1 aliphatic rings. The van der Waals surface area contributed by atoms with Crippen molar-refractivity contribution >= 4 is 17.5 Å². The molecular weight excluding hydrogens is 256 g/mol. The van der Waals surface area contributed by atoms with Gasteiger partial charge < -0.3 is 20.1 Å². The lowest BCUT2D eigenvalue weighted by Gasteiger charge is -2.11. The summed E-state index contributed by atoms with van der Waals surface area (Å²) in [5, 5.41) is 6.13. The predicted molar refractivity (Wildman–Crippen MR) is 76.9 cm³/mol. The van der Waals surface area contributed by atoms with Crippen molar-refractivity contribution in [3.63, 3.8) is 0 Å². The second kappa shape index (κ2) is 5.64. The van der Waals surface area contributed by atoms with Crippen LogP contribution in [0, 0.1) is 0 Å². The van der Waals surface area contributed by atoms with Crippen LogP contribution in [0.25, 0.3) is 0 Å². The second-order valence-electron chi connectivity index (χ2n) is 4.35. The average Bonchev–Trinajstić information content (AvgIpc) is 2.72. The van der Waals surface area contributed by atoms with Gasteiger partial charge in [-0.2, -0.15) is 4.98 Å². The summed E-state index contributed by atoms with van der Waals surface area (Å²) >= 11 is 0. The molecule has 0 saturated carbocycles. The van der Waals surface area contributed by atoms with E-state index in [-0.39, 0.29) is 0 Å². The molecule has 0 amide bonds. The number of benzene rings is 1. The standard InChI is InChI=1S/C14H16N4O2/c1-15-14-16-6-5-13(18-14)17-10-3-4-11-12(9-10)20-8-2-7-19-11/h3-6,9H,2,7-8H2,1H3,(H2,15,16,17,18). The number of aromatic nitrogens is 2. The summed E-state index contributed by atoms with van der Waals surface area (Å²) in [7, 11) is 1.78. The van der Waals surface area contributed by atoms with Gasteiger partial charge in [0.25, 0.3) is 0 Å². The largest absolute Gasteiger partial charge is 0.490 e. The third-order valence-corrected chi connectivity index (χ3v) is 2.90. The molecule has 3 rings (SSSR count). The molecule has 1 aliphatic heterocycles. The van der Waals surface area contributed by atoms with Crippen LogP contribution in [0.4, 0.5) is 17.5 Å². The van der Waals surface area contributed by atoms with Crippen LogP contribution in [0.2, 0.25) is 0 Å². The van der Waals surface area contributed by atoms with Crippen molar-refractivity contribution in [2.75, 3.05) is 30.9 Å². The molecule has 2 heterocycles. The lowest BCUT2D eigenvalue weighted by Crippen LogP contribution is -2.00. The monoisotopic (exact) mass is 272 g/mol. The third kappa shape index (κ3) is 2.74. The molecule has 0 spiro atoms. The minimum absolute atomic E-state index is 0.573. The minimum atomic E-state index is 0.573. The lowest BCUT2D eigenvalue weighted by atomic mass is 10.2. The van der Waals surface area contributed by atoms with E-state index in [4.69, 9.17) is 9.47 Å². The summed E-state index contributed by atoms with van der Waals surface area (Å²) < 4.78 is 11.3. The number of rotatable bonds is 3. The van der Waals surface area contributed by atoms with Gasteiger partial charge in [0.2, 0.25) is 5.95 Å². The molecule has 0 atom stereocenters. The van der Waals surface area contributed by atoms with Crippen LogP contribution in [0.3, 0.4) is 0 Å². The second-order valence-corrected chi connectivity index (χ2v) is 4.35. The maximum atomic E-state index is 5.66. The topological polar surface area (TPSA) is 68.3 Å². The average molecular weight is 272 g/mol. The summed E-state index contributed by atoms with van der Waals surface area (Å²) in [5.74, 6) is 2.84. The molecule has 0 fully saturated rings. The molecule has 6 nitrogen and oxygen atoms in total. The Kier molecular flexibility index (Phi) is 3.54. The molecule has 1 aromatic heterocycles. The molecule has 1 aromatic carbocycles. The van der Waals surface area contributed by atoms with Gasteiger partial charge in [0.15, 0.2) is 11.5 Å². The van der Waals surface area contributed by atoms with Crippen LogP contribution in [-0.2, 0) is 0 Å². The molecule has 0 saturated heterocycles. The molecule has 0 bridgehead atoms. The van der Waals surface area contributed by atoms with Gasteiger partial charge in [0.1, 0.15) is 5.82 Å². The van der Waals surface area contributed by atoms with Crippen LogP contribution in [-0.4, -0.2) is 30.2 Å². The van der Waals surface area contributed by atoms with Crippen LogP contribution >= 0.6 is 0 Å². The Morgan fingerprint density at radius 3 is 2.80 bits per heavy atom. The van der Waals surface area contributed by atoms with E-state index in [1.165, 1.54) is 0 Å². The first-order chi connectivity index (χ1) is 9.85. The van der Waals surface area contributed by atoms with E-state index in [9.17, 15) is 0 Å². The van der Waals surface area contributed by atoms with Gasteiger partial charge in [-0.25, -0.2) is 4.98 Å². The van der Waals surface area contributed by atoms with Gasteiger partial charge in [0.05, 0.1) is 13.2 Å². The highest BCUT2D eigenvalue weighted by molar-refractivity contribution is 5.61. The van der Waals surface area contributed by atoms with E-state index in [0.717, 1.165) is 29.4 Å². The third-order valence-electron chi connectivity index (χ3n) is 2.90. The Balaban J connectivity index is 1.82. The normalized spacial score (nSPS) is 13.4. The molecule has 0 aliphatic carbocycles. The molecule has 2 N–H and O–H groups in total. The molecule has 2 aromatic rings. The molecular formula is C14H16N4O2. The van der Waals surface area contributed by atoms with Gasteiger partial charge >= 0.3 is 0 Å². The smallest absolute Gasteiger partial charge is 0.224 e. The summed E-state index contributed by atoms with van der Waals surface area (Å²) in [6.07, 6.45) is 2.60. The Bertz CT molecular complexity index is 603. The van der Waals surface area contributed by atoms with Gasteiger partial charge in [-0.1, -0.05) is 0 Å². The highest BCUT2D eigenvalue weighted by atomic mass is 16.5. The van der Waals surface area contributed by atoms with Crippen LogP contribution in [0.15, 0.2) is 30.5 Å². The zero-order valence-corrected chi connectivity index (χ0v) is 11.2. The fourth-order valence-electron chi connectivity index (χ4n) is 1.94. The highest BCUT2D eigenvalue weighted by Crippen LogP contribution is 2.33. The van der Waals surface area contributed by atoms with Crippen LogP contribution in [0.1, 0.15) is 6.42 Å². The summed E-state index contributed by atoms with van der Waals surface area (Å²) in [5.41, 5.74) is 0.898. The Morgan fingerprint density at radius 2 is 1.95 bits per heavy atom. The van der Waals surface area contributed by atoms with Gasteiger partial charge in [-0.15, -0.1) is 0 Å². The fourth-order valence-corrected chi connectivity index (χ4v) is 1.94. The van der Waals surface area contributed by atoms with Gasteiger partial charge in [0, 0.05) is 31.4 Å². The first-order valence-electron chi connectivity index (χ1n) is 6.52. The van der Waals surface area contributed by atoms with Crippen molar-refractivity contribution in [3.8, 4) is 11.5 Å². The molecule has 0 unspecified atom stereocenters. The zero-order chi connectivity index (χ0) is 13.8. The summed E-state index contributed by atoms with van der Waals surface area (Å²) in [6, 6.07) is 7.57. The highest BCUT2D eigenvalue weighted by Gasteiger charge is 2.10. The lowest BCUT2D eigenvalue weighted by molar-refractivity contribution is 0.297. The molecule has 6 heteroatoms. The number of nitrogens with one attached hydrogen (secondary N) is 2. The van der Waals surface area contributed by atoms with E-state index in [0.29, 0.717) is 19.2 Å². The Morgan fingerprint density at radius 1 is 1.10 bits per heavy atom. The predicted octanol–water partition coefficient (Wildman–Crippen LogP) is 2.42.